The number of hydrogen-bond donors (Lipinski definition) is 1. The number of H-pyrrole nitrogens is 1. The van der Waals surface area contributed by atoms with E-state index in [-0.39, 0.29) is 5.69 Å². The smallest absolute Gasteiger partial charge is 0.295 e. The Morgan fingerprint density at radius 2 is 1.71 bits per heavy atom. The lowest BCUT2D eigenvalue weighted by Crippen LogP contribution is -2.26. The van der Waals surface area contributed by atoms with Crippen molar-refractivity contribution in [2.75, 3.05) is 0 Å². The first kappa shape index (κ1) is 21.5. The van der Waals surface area contributed by atoms with Gasteiger partial charge in [-0.3, -0.25) is 14.1 Å². The van der Waals surface area contributed by atoms with Crippen molar-refractivity contribution in [3.05, 3.63) is 106 Å². The van der Waals surface area contributed by atoms with Crippen molar-refractivity contribution in [2.24, 2.45) is 0 Å². The lowest BCUT2D eigenvalue weighted by molar-refractivity contribution is 0.664. The Morgan fingerprint density at radius 3 is 2.44 bits per heavy atom. The van der Waals surface area contributed by atoms with E-state index in [0.717, 1.165) is 40.8 Å². The van der Waals surface area contributed by atoms with E-state index < -0.39 is 0 Å². The second-order valence-electron chi connectivity index (χ2n) is 8.20. The molecule has 2 aromatic carbocycles. The van der Waals surface area contributed by atoms with Crippen LogP contribution >= 0.6 is 0 Å². The van der Waals surface area contributed by atoms with E-state index in [1.54, 1.807) is 6.20 Å². The van der Waals surface area contributed by atoms with Crippen LogP contribution in [0.15, 0.2) is 83.9 Å². The number of tetrazole rings is 1. The molecule has 0 radical (unpaired) electrons. The maximum atomic E-state index is 13.2. The highest BCUT2D eigenvalue weighted by Gasteiger charge is 2.14. The molecule has 170 valence electrons. The molecule has 0 unspecified atom stereocenters. The number of hydrogen-bond acceptors (Lipinski definition) is 5. The van der Waals surface area contributed by atoms with Crippen molar-refractivity contribution in [1.82, 2.24) is 34.7 Å². The maximum Gasteiger partial charge on any atom is 0.328 e. The van der Waals surface area contributed by atoms with Crippen molar-refractivity contribution in [1.29, 1.82) is 0 Å². The zero-order chi connectivity index (χ0) is 23.3. The molecule has 0 fully saturated rings. The summed E-state index contributed by atoms with van der Waals surface area (Å²) < 4.78 is 3.69. The molecule has 34 heavy (non-hydrogen) atoms. The normalized spacial score (nSPS) is 11.1. The number of benzene rings is 2. The molecule has 0 spiro atoms. The van der Waals surface area contributed by atoms with Gasteiger partial charge in [-0.1, -0.05) is 74.0 Å². The summed E-state index contributed by atoms with van der Waals surface area (Å²) in [5.74, 6) is 0.523. The van der Waals surface area contributed by atoms with Crippen LogP contribution < -0.4 is 5.69 Å². The van der Waals surface area contributed by atoms with Gasteiger partial charge in [-0.05, 0) is 39.6 Å². The highest BCUT2D eigenvalue weighted by Crippen LogP contribution is 2.28. The fourth-order valence-corrected chi connectivity index (χ4v) is 4.16. The van der Waals surface area contributed by atoms with Crippen LogP contribution in [0.5, 0.6) is 0 Å². The van der Waals surface area contributed by atoms with Crippen molar-refractivity contribution in [3.8, 4) is 22.6 Å². The van der Waals surface area contributed by atoms with Crippen LogP contribution in [0.1, 0.15) is 30.2 Å². The van der Waals surface area contributed by atoms with Crippen molar-refractivity contribution < 1.29 is 0 Å². The average molecular weight is 452 g/mol. The molecular weight excluding hydrogens is 426 g/mol. The topological polar surface area (TPSA) is 94.3 Å². The zero-order valence-electron chi connectivity index (χ0n) is 18.9. The van der Waals surface area contributed by atoms with E-state index in [9.17, 15) is 4.79 Å². The highest BCUT2D eigenvalue weighted by atomic mass is 16.1. The third-order valence-corrected chi connectivity index (χ3v) is 5.81. The second-order valence-corrected chi connectivity index (χ2v) is 8.20. The van der Waals surface area contributed by atoms with E-state index >= 15 is 0 Å². The van der Waals surface area contributed by atoms with E-state index in [2.05, 4.69) is 44.7 Å². The summed E-state index contributed by atoms with van der Waals surface area (Å²) in [5, 5.41) is 14.1. The standard InChI is InChI=1S/C26H25N7O/c1-2-7-22-18-32(16-19-8-4-3-5-9-19)26(34)33(22)17-20-11-13-21(14-12-20)23-10-6-15-27-24(23)25-28-30-31-29-25/h3-6,8-15,18H,2,7,16-17H2,1H3,(H,28,29,30,31). The summed E-state index contributed by atoms with van der Waals surface area (Å²) in [7, 11) is 0. The minimum absolute atomic E-state index is 0.0174. The first-order valence-electron chi connectivity index (χ1n) is 11.3. The predicted octanol–water partition coefficient (Wildman–Crippen LogP) is 3.94. The van der Waals surface area contributed by atoms with Gasteiger partial charge in [0.2, 0.25) is 0 Å². The van der Waals surface area contributed by atoms with Crippen LogP contribution in [0.25, 0.3) is 22.6 Å². The van der Waals surface area contributed by atoms with E-state index in [0.29, 0.717) is 24.6 Å². The Bertz CT molecular complexity index is 1420. The predicted molar refractivity (Wildman–Crippen MR) is 130 cm³/mol. The maximum absolute atomic E-state index is 13.2. The quantitative estimate of drug-likeness (QED) is 0.386. The third kappa shape index (κ3) is 4.43. The molecule has 0 amide bonds. The second kappa shape index (κ2) is 9.66. The van der Waals surface area contributed by atoms with Gasteiger partial charge in [-0.25, -0.2) is 9.89 Å². The molecule has 0 bridgehead atoms. The minimum atomic E-state index is 0.0174. The van der Waals surface area contributed by atoms with Crippen LogP contribution in [0, 0.1) is 0 Å². The molecule has 0 saturated heterocycles. The Hall–Kier alpha value is -4.33. The van der Waals surface area contributed by atoms with Crippen LogP contribution in [-0.2, 0) is 19.5 Å². The van der Waals surface area contributed by atoms with E-state index in [1.807, 2.05) is 69.9 Å². The number of pyridine rings is 1. The third-order valence-electron chi connectivity index (χ3n) is 5.81. The molecule has 5 rings (SSSR count). The SMILES string of the molecule is CCCc1cn(Cc2ccccc2)c(=O)n1Cc1ccc(-c2cccnc2-c2nnn[nH]2)cc1. The van der Waals surface area contributed by atoms with Crippen molar-refractivity contribution in [2.45, 2.75) is 32.9 Å². The fourth-order valence-electron chi connectivity index (χ4n) is 4.16. The first-order valence-corrected chi connectivity index (χ1v) is 11.3. The molecule has 3 aromatic heterocycles. The van der Waals surface area contributed by atoms with Crippen molar-refractivity contribution in [3.63, 3.8) is 0 Å². The molecule has 0 aliphatic rings. The molecule has 5 aromatic rings. The summed E-state index contributed by atoms with van der Waals surface area (Å²) in [5.41, 5.74) is 5.88. The Morgan fingerprint density at radius 1 is 0.912 bits per heavy atom. The van der Waals surface area contributed by atoms with Crippen LogP contribution in [-0.4, -0.2) is 34.7 Å². The number of aromatic amines is 1. The van der Waals surface area contributed by atoms with Gasteiger partial charge in [0.15, 0.2) is 5.82 Å². The first-order chi connectivity index (χ1) is 16.7. The number of aryl methyl sites for hydroxylation is 1. The molecule has 8 nitrogen and oxygen atoms in total. The van der Waals surface area contributed by atoms with Crippen molar-refractivity contribution >= 4 is 0 Å². The Labute approximate surface area is 196 Å². The van der Waals surface area contributed by atoms with Gasteiger partial charge in [-0.15, -0.1) is 5.10 Å². The monoisotopic (exact) mass is 451 g/mol. The number of aromatic nitrogens is 7. The molecule has 1 N–H and O–H groups in total. The molecule has 0 aliphatic carbocycles. The number of nitrogens with one attached hydrogen (secondary N) is 1. The minimum Gasteiger partial charge on any atom is -0.295 e. The van der Waals surface area contributed by atoms with Crippen LogP contribution in [0.2, 0.25) is 0 Å². The van der Waals surface area contributed by atoms with Gasteiger partial charge in [0.05, 0.1) is 13.1 Å². The largest absolute Gasteiger partial charge is 0.328 e. The summed E-state index contributed by atoms with van der Waals surface area (Å²) in [4.78, 5) is 17.7. The lowest BCUT2D eigenvalue weighted by Gasteiger charge is -2.09. The van der Waals surface area contributed by atoms with Gasteiger partial charge >= 0.3 is 5.69 Å². The van der Waals surface area contributed by atoms with Gasteiger partial charge in [0.1, 0.15) is 5.69 Å². The molecule has 0 atom stereocenters. The number of imidazole rings is 1. The molecule has 8 heteroatoms. The molecule has 0 aliphatic heterocycles. The number of nitrogens with zero attached hydrogens (tertiary/aromatic N) is 6. The number of rotatable bonds is 8. The van der Waals surface area contributed by atoms with Gasteiger partial charge in [0.25, 0.3) is 0 Å². The Kier molecular flexibility index (Phi) is 6.11. The lowest BCUT2D eigenvalue weighted by atomic mass is 10.0. The van der Waals surface area contributed by atoms with Crippen LogP contribution in [0.3, 0.4) is 0 Å². The van der Waals surface area contributed by atoms with Gasteiger partial charge < -0.3 is 0 Å². The van der Waals surface area contributed by atoms with Gasteiger partial charge in [-0.2, -0.15) is 0 Å². The van der Waals surface area contributed by atoms with Crippen LogP contribution in [0.4, 0.5) is 0 Å². The molecule has 0 saturated carbocycles. The summed E-state index contributed by atoms with van der Waals surface area (Å²) >= 11 is 0. The van der Waals surface area contributed by atoms with Gasteiger partial charge in [0, 0.05) is 23.7 Å². The summed E-state index contributed by atoms with van der Waals surface area (Å²) in [6, 6.07) is 22.2. The highest BCUT2D eigenvalue weighted by molar-refractivity contribution is 5.77. The van der Waals surface area contributed by atoms with E-state index in [1.165, 1.54) is 0 Å². The Balaban J connectivity index is 1.42. The molecule has 3 heterocycles. The van der Waals surface area contributed by atoms with E-state index in [4.69, 9.17) is 0 Å². The summed E-state index contributed by atoms with van der Waals surface area (Å²) in [6.45, 7) is 3.23. The fraction of sp³-hybridized carbons (Fsp3) is 0.192. The average Bonchev–Trinajstić information content (AvgIpc) is 3.51. The zero-order valence-corrected chi connectivity index (χ0v) is 18.9. The molecular formula is C26H25N7O. The summed E-state index contributed by atoms with van der Waals surface area (Å²) in [6.07, 6.45) is 5.56.